The molecule has 6 heteroatoms. The molecule has 114 valence electrons. The van der Waals surface area contributed by atoms with E-state index in [9.17, 15) is 0 Å². The zero-order valence-electron chi connectivity index (χ0n) is 12.6. The third-order valence-corrected chi connectivity index (χ3v) is 3.67. The number of aromatic nitrogens is 2. The van der Waals surface area contributed by atoms with Crippen LogP contribution in [0, 0.1) is 0 Å². The van der Waals surface area contributed by atoms with Crippen LogP contribution in [0.5, 0.6) is 0 Å². The molecular weight excluding hydrogens is 330 g/mol. The summed E-state index contributed by atoms with van der Waals surface area (Å²) >= 11 is 3.46. The number of hydrogen-bond donors (Lipinski definition) is 2. The maximum atomic E-state index is 4.57. The van der Waals surface area contributed by atoms with Crippen molar-refractivity contribution in [1.82, 2.24) is 20.0 Å². The van der Waals surface area contributed by atoms with E-state index in [-0.39, 0.29) is 0 Å². The average molecular weight is 352 g/mol. The van der Waals surface area contributed by atoms with Gasteiger partial charge in [0.05, 0.1) is 12.2 Å². The lowest BCUT2D eigenvalue weighted by molar-refractivity contribution is 0.682. The Morgan fingerprint density at radius 2 is 2.14 bits per heavy atom. The van der Waals surface area contributed by atoms with Gasteiger partial charge in [-0.3, -0.25) is 4.99 Å². The minimum absolute atomic E-state index is 0.659. The Balaban J connectivity index is 1.87. The predicted molar refractivity (Wildman–Crippen MR) is 90.6 cm³/mol. The molecule has 2 rings (SSSR count). The largest absolute Gasteiger partial charge is 0.356 e. The Kier molecular flexibility index (Phi) is 6.04. The first-order valence-corrected chi connectivity index (χ1v) is 8.10. The fourth-order valence-corrected chi connectivity index (χ4v) is 2.43. The highest BCUT2D eigenvalue weighted by Gasteiger charge is 2.03. The normalized spacial score (nSPS) is 11.9. The molecule has 0 unspecified atom stereocenters. The van der Waals surface area contributed by atoms with Crippen molar-refractivity contribution in [3.63, 3.8) is 0 Å². The second-order valence-corrected chi connectivity index (χ2v) is 5.82. The van der Waals surface area contributed by atoms with E-state index in [0.717, 1.165) is 28.3 Å². The molecule has 0 atom stereocenters. The third kappa shape index (κ3) is 4.74. The van der Waals surface area contributed by atoms with E-state index in [4.69, 9.17) is 0 Å². The molecule has 5 nitrogen and oxygen atoms in total. The second-order valence-electron chi connectivity index (χ2n) is 4.90. The van der Waals surface area contributed by atoms with Gasteiger partial charge < -0.3 is 15.0 Å². The molecule has 0 spiro atoms. The summed E-state index contributed by atoms with van der Waals surface area (Å²) in [5, 5.41) is 6.60. The van der Waals surface area contributed by atoms with Crippen LogP contribution in [0.2, 0.25) is 0 Å². The van der Waals surface area contributed by atoms with Crippen molar-refractivity contribution in [3.05, 3.63) is 34.7 Å². The Bertz CT molecular complexity index is 605. The van der Waals surface area contributed by atoms with Crippen molar-refractivity contribution in [3.8, 4) is 0 Å². The number of nitrogens with one attached hydrogen (secondary N) is 2. The number of halogens is 1. The van der Waals surface area contributed by atoms with Gasteiger partial charge >= 0.3 is 0 Å². The van der Waals surface area contributed by atoms with Gasteiger partial charge in [0.25, 0.3) is 0 Å². The molecule has 0 fully saturated rings. The van der Waals surface area contributed by atoms with E-state index in [1.54, 1.807) is 7.05 Å². The Labute approximate surface area is 134 Å². The fourth-order valence-electron chi connectivity index (χ4n) is 2.08. The van der Waals surface area contributed by atoms with Crippen LogP contribution >= 0.6 is 15.9 Å². The minimum Gasteiger partial charge on any atom is -0.356 e. The Morgan fingerprint density at radius 1 is 1.29 bits per heavy atom. The molecule has 2 aromatic rings. The van der Waals surface area contributed by atoms with E-state index in [0.29, 0.717) is 6.54 Å². The van der Waals surface area contributed by atoms with Crippen LogP contribution in [0.1, 0.15) is 31.9 Å². The molecule has 2 aromatic heterocycles. The number of nitrogens with zero attached hydrogens (tertiary/aromatic N) is 3. The van der Waals surface area contributed by atoms with Crippen LogP contribution in [0.3, 0.4) is 0 Å². The van der Waals surface area contributed by atoms with E-state index >= 15 is 0 Å². The van der Waals surface area contributed by atoms with Gasteiger partial charge in [0.15, 0.2) is 5.96 Å². The monoisotopic (exact) mass is 351 g/mol. The highest BCUT2D eigenvalue weighted by atomic mass is 79.9. The topological polar surface area (TPSA) is 53.7 Å². The number of fused-ring (bicyclic) bond motifs is 1. The summed E-state index contributed by atoms with van der Waals surface area (Å²) in [6.45, 7) is 3.81. The molecule has 0 aliphatic heterocycles. The number of guanidine groups is 1. The standard InChI is InChI=1S/C15H22BrN5/c1-3-4-5-8-18-15(17-2)19-9-13-11-21-10-12(16)6-7-14(21)20-13/h6-7,10-11H,3-5,8-9H2,1-2H3,(H2,17,18,19). The fraction of sp³-hybridized carbons (Fsp3) is 0.467. The second kappa shape index (κ2) is 8.02. The maximum Gasteiger partial charge on any atom is 0.191 e. The molecule has 0 amide bonds. The van der Waals surface area contributed by atoms with Gasteiger partial charge in [0.2, 0.25) is 0 Å². The highest BCUT2D eigenvalue weighted by molar-refractivity contribution is 9.10. The molecular formula is C15H22BrN5. The molecule has 0 aliphatic carbocycles. The van der Waals surface area contributed by atoms with Crippen LogP contribution in [-0.4, -0.2) is 28.9 Å². The molecule has 2 N–H and O–H groups in total. The first-order chi connectivity index (χ1) is 10.2. The van der Waals surface area contributed by atoms with Gasteiger partial charge in [0, 0.05) is 30.5 Å². The molecule has 0 bridgehead atoms. The van der Waals surface area contributed by atoms with Crippen LogP contribution < -0.4 is 10.6 Å². The summed E-state index contributed by atoms with van der Waals surface area (Å²) in [4.78, 5) is 8.79. The van der Waals surface area contributed by atoms with Crippen molar-refractivity contribution in [2.45, 2.75) is 32.7 Å². The zero-order chi connectivity index (χ0) is 15.1. The predicted octanol–water partition coefficient (Wildman–Crippen LogP) is 2.95. The lowest BCUT2D eigenvalue weighted by Gasteiger charge is -2.10. The van der Waals surface area contributed by atoms with Crippen LogP contribution in [0.15, 0.2) is 34.0 Å². The van der Waals surface area contributed by atoms with Crippen molar-refractivity contribution in [2.75, 3.05) is 13.6 Å². The number of rotatable bonds is 6. The van der Waals surface area contributed by atoms with Gasteiger partial charge in [-0.05, 0) is 34.5 Å². The summed E-state index contributed by atoms with van der Waals surface area (Å²) in [5.74, 6) is 0.823. The molecule has 21 heavy (non-hydrogen) atoms. The Morgan fingerprint density at radius 3 is 2.90 bits per heavy atom. The van der Waals surface area contributed by atoms with E-state index in [2.05, 4.69) is 43.5 Å². The summed E-state index contributed by atoms with van der Waals surface area (Å²) in [6, 6.07) is 3.99. The Hall–Kier alpha value is -1.56. The van der Waals surface area contributed by atoms with Crippen LogP contribution in [0.25, 0.3) is 5.65 Å². The van der Waals surface area contributed by atoms with Crippen LogP contribution in [0.4, 0.5) is 0 Å². The van der Waals surface area contributed by atoms with Gasteiger partial charge in [-0.1, -0.05) is 19.8 Å². The van der Waals surface area contributed by atoms with Crippen molar-refractivity contribution < 1.29 is 0 Å². The van der Waals surface area contributed by atoms with Gasteiger partial charge in [0.1, 0.15) is 5.65 Å². The summed E-state index contributed by atoms with van der Waals surface area (Å²) < 4.78 is 3.05. The number of pyridine rings is 1. The lowest BCUT2D eigenvalue weighted by Crippen LogP contribution is -2.37. The first kappa shape index (κ1) is 15.8. The quantitative estimate of drug-likeness (QED) is 0.478. The van der Waals surface area contributed by atoms with E-state index in [1.807, 2.05) is 28.9 Å². The minimum atomic E-state index is 0.659. The van der Waals surface area contributed by atoms with Crippen molar-refractivity contribution in [2.24, 2.45) is 4.99 Å². The van der Waals surface area contributed by atoms with Crippen LogP contribution in [-0.2, 0) is 6.54 Å². The summed E-state index contributed by atoms with van der Waals surface area (Å²) in [7, 11) is 1.79. The molecule has 0 saturated heterocycles. The third-order valence-electron chi connectivity index (χ3n) is 3.20. The average Bonchev–Trinajstić information content (AvgIpc) is 2.88. The SMILES string of the molecule is CCCCCNC(=NC)NCc1cn2cc(Br)ccc2n1. The van der Waals surface area contributed by atoms with Gasteiger partial charge in [-0.15, -0.1) is 0 Å². The van der Waals surface area contributed by atoms with Gasteiger partial charge in [-0.2, -0.15) is 0 Å². The smallest absolute Gasteiger partial charge is 0.191 e. The van der Waals surface area contributed by atoms with Crippen molar-refractivity contribution >= 4 is 27.5 Å². The van der Waals surface area contributed by atoms with E-state index in [1.165, 1.54) is 19.3 Å². The molecule has 0 aliphatic rings. The van der Waals surface area contributed by atoms with Crippen molar-refractivity contribution in [1.29, 1.82) is 0 Å². The lowest BCUT2D eigenvalue weighted by atomic mass is 10.2. The molecule has 0 radical (unpaired) electrons. The molecule has 0 aromatic carbocycles. The first-order valence-electron chi connectivity index (χ1n) is 7.30. The van der Waals surface area contributed by atoms with E-state index < -0.39 is 0 Å². The molecule has 0 saturated carbocycles. The number of hydrogen-bond acceptors (Lipinski definition) is 2. The summed E-state index contributed by atoms with van der Waals surface area (Å²) in [5.41, 5.74) is 1.94. The zero-order valence-corrected chi connectivity index (χ0v) is 14.2. The number of unbranched alkanes of at least 4 members (excludes halogenated alkanes) is 2. The molecule has 2 heterocycles. The van der Waals surface area contributed by atoms with Gasteiger partial charge in [-0.25, -0.2) is 4.98 Å². The maximum absolute atomic E-state index is 4.57. The number of imidazole rings is 1. The summed E-state index contributed by atoms with van der Waals surface area (Å²) in [6.07, 6.45) is 7.66. The number of aliphatic imine (C=N–C) groups is 1. The highest BCUT2D eigenvalue weighted by Crippen LogP contribution is 2.12.